The number of urea groups is 1. The summed E-state index contributed by atoms with van der Waals surface area (Å²) in [4.78, 5) is 16.8. The Balaban J connectivity index is 1.36. The van der Waals surface area contributed by atoms with Gasteiger partial charge in [0, 0.05) is 54.7 Å². The molecule has 1 fully saturated rings. The fourth-order valence-electron chi connectivity index (χ4n) is 3.83. The summed E-state index contributed by atoms with van der Waals surface area (Å²) in [6.07, 6.45) is 0. The maximum atomic E-state index is 12.6. The molecule has 2 aromatic carbocycles. The first-order chi connectivity index (χ1) is 14.5. The second-order valence-electron chi connectivity index (χ2n) is 7.60. The molecule has 1 aromatic heterocycles. The summed E-state index contributed by atoms with van der Waals surface area (Å²) >= 11 is 6.00. The third-order valence-electron chi connectivity index (χ3n) is 5.56. The molecule has 2 heterocycles. The minimum Gasteiger partial charge on any atom is -0.322 e. The van der Waals surface area contributed by atoms with Gasteiger partial charge < -0.3 is 10.2 Å². The highest BCUT2D eigenvalue weighted by atomic mass is 35.5. The predicted molar refractivity (Wildman–Crippen MR) is 120 cm³/mol. The smallest absolute Gasteiger partial charge is 0.321 e. The van der Waals surface area contributed by atoms with Gasteiger partial charge in [-0.05, 0) is 44.2 Å². The first-order valence-electron chi connectivity index (χ1n) is 10.2. The van der Waals surface area contributed by atoms with E-state index in [1.165, 1.54) is 11.3 Å². The van der Waals surface area contributed by atoms with Gasteiger partial charge in [0.05, 0.1) is 11.4 Å². The first-order valence-corrected chi connectivity index (χ1v) is 10.5. The first kappa shape index (κ1) is 20.4. The molecule has 7 heteroatoms. The highest BCUT2D eigenvalue weighted by Crippen LogP contribution is 2.21. The number of amides is 2. The van der Waals surface area contributed by atoms with Crippen LogP contribution in [0.2, 0.25) is 5.02 Å². The van der Waals surface area contributed by atoms with Gasteiger partial charge in [0.15, 0.2) is 0 Å². The van der Waals surface area contributed by atoms with Crippen LogP contribution < -0.4 is 5.32 Å². The molecular formula is C23H26ClN5O. The SMILES string of the molecule is Cc1nn(-c2ccccc2)c(C)c1CN1CCN(C(=O)Nc2cccc(Cl)c2)CC1. The minimum absolute atomic E-state index is 0.0822. The van der Waals surface area contributed by atoms with Crippen molar-refractivity contribution in [3.8, 4) is 5.69 Å². The number of aryl methyl sites for hydroxylation is 1. The second-order valence-corrected chi connectivity index (χ2v) is 8.04. The molecule has 2 amide bonds. The molecule has 0 spiro atoms. The Morgan fingerprint density at radius 3 is 2.47 bits per heavy atom. The number of rotatable bonds is 4. The molecular weight excluding hydrogens is 398 g/mol. The van der Waals surface area contributed by atoms with Crippen molar-refractivity contribution in [1.82, 2.24) is 19.6 Å². The van der Waals surface area contributed by atoms with Gasteiger partial charge in [-0.2, -0.15) is 5.10 Å². The molecule has 4 rings (SSSR count). The summed E-state index contributed by atoms with van der Waals surface area (Å²) in [7, 11) is 0. The number of piperazine rings is 1. The van der Waals surface area contributed by atoms with Gasteiger partial charge in [-0.25, -0.2) is 9.48 Å². The number of carbonyl (C=O) groups excluding carboxylic acids is 1. The summed E-state index contributed by atoms with van der Waals surface area (Å²) in [5, 5.41) is 8.29. The highest BCUT2D eigenvalue weighted by molar-refractivity contribution is 6.30. The van der Waals surface area contributed by atoms with Crippen LogP contribution in [0.4, 0.5) is 10.5 Å². The van der Waals surface area contributed by atoms with E-state index in [4.69, 9.17) is 16.7 Å². The van der Waals surface area contributed by atoms with E-state index in [9.17, 15) is 4.79 Å². The molecule has 0 atom stereocenters. The lowest BCUT2D eigenvalue weighted by Crippen LogP contribution is -2.49. The van der Waals surface area contributed by atoms with Crippen LogP contribution in [0.3, 0.4) is 0 Å². The molecule has 1 saturated heterocycles. The van der Waals surface area contributed by atoms with Gasteiger partial charge in [-0.15, -0.1) is 0 Å². The number of halogens is 1. The van der Waals surface area contributed by atoms with E-state index in [-0.39, 0.29) is 6.03 Å². The summed E-state index contributed by atoms with van der Waals surface area (Å²) in [5.41, 5.74) is 5.27. The quantitative estimate of drug-likeness (QED) is 0.672. The second kappa shape index (κ2) is 8.90. The standard InChI is InChI=1S/C23H26ClN5O/c1-17-22(18(2)29(26-17)21-9-4-3-5-10-21)16-27-11-13-28(14-12-27)23(30)25-20-8-6-7-19(24)15-20/h3-10,15H,11-14,16H2,1-2H3,(H,25,30). The fourth-order valence-corrected chi connectivity index (χ4v) is 4.02. The Morgan fingerprint density at radius 1 is 1.03 bits per heavy atom. The number of carbonyl (C=O) groups is 1. The highest BCUT2D eigenvalue weighted by Gasteiger charge is 2.23. The fraction of sp³-hybridized carbons (Fsp3) is 0.304. The lowest BCUT2D eigenvalue weighted by Gasteiger charge is -2.34. The van der Waals surface area contributed by atoms with Crippen molar-refractivity contribution in [1.29, 1.82) is 0 Å². The molecule has 0 unspecified atom stereocenters. The van der Waals surface area contributed by atoms with Crippen molar-refractivity contribution in [2.24, 2.45) is 0 Å². The predicted octanol–water partition coefficient (Wildman–Crippen LogP) is 4.49. The molecule has 3 aromatic rings. The largest absolute Gasteiger partial charge is 0.322 e. The maximum absolute atomic E-state index is 12.6. The third-order valence-corrected chi connectivity index (χ3v) is 5.79. The number of anilines is 1. The Morgan fingerprint density at radius 2 is 1.77 bits per heavy atom. The zero-order valence-electron chi connectivity index (χ0n) is 17.3. The Hall–Kier alpha value is -2.83. The van der Waals surface area contributed by atoms with Gasteiger partial charge >= 0.3 is 6.03 Å². The monoisotopic (exact) mass is 423 g/mol. The van der Waals surface area contributed by atoms with Crippen molar-refractivity contribution in [2.45, 2.75) is 20.4 Å². The Bertz CT molecular complexity index is 1030. The topological polar surface area (TPSA) is 53.4 Å². The van der Waals surface area contributed by atoms with Crippen LogP contribution >= 0.6 is 11.6 Å². The van der Waals surface area contributed by atoms with E-state index < -0.39 is 0 Å². The van der Waals surface area contributed by atoms with E-state index in [1.54, 1.807) is 12.1 Å². The van der Waals surface area contributed by atoms with Crippen molar-refractivity contribution in [2.75, 3.05) is 31.5 Å². The maximum Gasteiger partial charge on any atom is 0.321 e. The number of hydrogen-bond acceptors (Lipinski definition) is 3. The van der Waals surface area contributed by atoms with E-state index in [1.807, 2.05) is 39.9 Å². The van der Waals surface area contributed by atoms with Crippen molar-refractivity contribution >= 4 is 23.3 Å². The summed E-state index contributed by atoms with van der Waals surface area (Å²) < 4.78 is 2.01. The number of nitrogens with one attached hydrogen (secondary N) is 1. The normalized spacial score (nSPS) is 14.7. The lowest BCUT2D eigenvalue weighted by molar-refractivity contribution is 0.142. The van der Waals surface area contributed by atoms with Crippen LogP contribution in [-0.2, 0) is 6.54 Å². The molecule has 156 valence electrons. The van der Waals surface area contributed by atoms with Crippen LogP contribution in [0.15, 0.2) is 54.6 Å². The van der Waals surface area contributed by atoms with Crippen LogP contribution in [0.5, 0.6) is 0 Å². The molecule has 0 bridgehead atoms. The van der Waals surface area contributed by atoms with Crippen LogP contribution in [0, 0.1) is 13.8 Å². The average Bonchev–Trinajstić information content (AvgIpc) is 3.03. The zero-order valence-corrected chi connectivity index (χ0v) is 18.1. The van der Waals surface area contributed by atoms with Crippen molar-refractivity contribution < 1.29 is 4.79 Å². The number of benzene rings is 2. The molecule has 30 heavy (non-hydrogen) atoms. The van der Waals surface area contributed by atoms with E-state index in [2.05, 4.69) is 36.2 Å². The molecule has 1 N–H and O–H groups in total. The molecule has 1 aliphatic rings. The molecule has 6 nitrogen and oxygen atoms in total. The lowest BCUT2D eigenvalue weighted by atomic mass is 10.1. The van der Waals surface area contributed by atoms with Gasteiger partial charge in [-0.3, -0.25) is 4.90 Å². The molecule has 0 saturated carbocycles. The minimum atomic E-state index is -0.0822. The molecule has 0 aliphatic carbocycles. The summed E-state index contributed by atoms with van der Waals surface area (Å²) in [5.74, 6) is 0. The van der Waals surface area contributed by atoms with Crippen molar-refractivity contribution in [3.05, 3.63) is 76.6 Å². The Kier molecular flexibility index (Phi) is 6.06. The Labute approximate surface area is 182 Å². The summed E-state index contributed by atoms with van der Waals surface area (Å²) in [6.45, 7) is 8.08. The molecule has 0 radical (unpaired) electrons. The van der Waals surface area contributed by atoms with Crippen LogP contribution in [0.1, 0.15) is 17.0 Å². The van der Waals surface area contributed by atoms with Gasteiger partial charge in [0.25, 0.3) is 0 Å². The van der Waals surface area contributed by atoms with Gasteiger partial charge in [0.2, 0.25) is 0 Å². The third kappa shape index (κ3) is 4.50. The number of aromatic nitrogens is 2. The summed E-state index contributed by atoms with van der Waals surface area (Å²) in [6, 6.07) is 17.3. The van der Waals surface area contributed by atoms with E-state index in [0.29, 0.717) is 18.1 Å². The van der Waals surface area contributed by atoms with E-state index >= 15 is 0 Å². The van der Waals surface area contributed by atoms with Crippen LogP contribution in [0.25, 0.3) is 5.69 Å². The number of hydrogen-bond donors (Lipinski definition) is 1. The molecule has 1 aliphatic heterocycles. The number of nitrogens with zero attached hydrogens (tertiary/aromatic N) is 4. The zero-order chi connectivity index (χ0) is 21.1. The average molecular weight is 424 g/mol. The van der Waals surface area contributed by atoms with Gasteiger partial charge in [0.1, 0.15) is 0 Å². The van der Waals surface area contributed by atoms with Crippen molar-refractivity contribution in [3.63, 3.8) is 0 Å². The van der Waals surface area contributed by atoms with Gasteiger partial charge in [-0.1, -0.05) is 35.9 Å². The number of para-hydroxylation sites is 1. The van der Waals surface area contributed by atoms with Crippen LogP contribution in [-0.4, -0.2) is 51.8 Å². The van der Waals surface area contributed by atoms with E-state index in [0.717, 1.165) is 36.7 Å².